The molecule has 0 amide bonds. The molecule has 9 heteroatoms. The molecule has 6 rings (SSSR count). The van der Waals surface area contributed by atoms with E-state index in [1.807, 2.05) is 24.3 Å². The normalized spacial score (nSPS) is 24.4. The molecule has 2 bridgehead atoms. The highest BCUT2D eigenvalue weighted by atomic mass is 35.5. The van der Waals surface area contributed by atoms with Crippen LogP contribution < -0.4 is 20.3 Å². The Morgan fingerprint density at radius 2 is 2.22 bits per heavy atom. The second-order valence-corrected chi connectivity index (χ2v) is 9.12. The third kappa shape index (κ3) is 3.83. The maximum absolute atomic E-state index is 6.49. The van der Waals surface area contributed by atoms with E-state index in [2.05, 4.69) is 31.6 Å². The van der Waals surface area contributed by atoms with Gasteiger partial charge in [0.1, 0.15) is 23.4 Å². The fourth-order valence-corrected chi connectivity index (χ4v) is 5.01. The molecule has 2 aromatic heterocycles. The number of anilines is 3. The van der Waals surface area contributed by atoms with Crippen molar-refractivity contribution in [2.75, 3.05) is 43.1 Å². The van der Waals surface area contributed by atoms with Crippen LogP contribution in [0.3, 0.4) is 0 Å². The van der Waals surface area contributed by atoms with Crippen LogP contribution in [0.2, 0.25) is 5.02 Å². The van der Waals surface area contributed by atoms with E-state index in [-0.39, 0.29) is 0 Å². The first-order valence-electron chi connectivity index (χ1n) is 11.1. The van der Waals surface area contributed by atoms with Gasteiger partial charge in [-0.2, -0.15) is 0 Å². The summed E-state index contributed by atoms with van der Waals surface area (Å²) in [6.45, 7) is 4.18. The third-order valence-electron chi connectivity index (χ3n) is 6.51. The van der Waals surface area contributed by atoms with E-state index in [0.29, 0.717) is 41.2 Å². The number of ether oxygens (including phenoxy) is 2. The zero-order valence-corrected chi connectivity index (χ0v) is 18.4. The van der Waals surface area contributed by atoms with Gasteiger partial charge in [-0.15, -0.1) is 0 Å². The van der Waals surface area contributed by atoms with E-state index in [4.69, 9.17) is 26.1 Å². The van der Waals surface area contributed by atoms with Gasteiger partial charge >= 0.3 is 0 Å². The predicted octanol–water partition coefficient (Wildman–Crippen LogP) is 3.39. The molecule has 3 atom stereocenters. The summed E-state index contributed by atoms with van der Waals surface area (Å²) in [5.41, 5.74) is 2.38. The van der Waals surface area contributed by atoms with E-state index in [0.717, 1.165) is 55.3 Å². The molecule has 0 spiro atoms. The number of hydrogen-bond donors (Lipinski definition) is 2. The Bertz CT molecular complexity index is 1140. The van der Waals surface area contributed by atoms with Gasteiger partial charge in [0.25, 0.3) is 0 Å². The molecule has 5 heterocycles. The molecule has 0 radical (unpaired) electrons. The molecule has 3 aliphatic rings. The number of halogens is 1. The quantitative estimate of drug-likeness (QED) is 0.588. The second kappa shape index (κ2) is 8.35. The van der Waals surface area contributed by atoms with Crippen molar-refractivity contribution >= 4 is 40.0 Å². The zero-order chi connectivity index (χ0) is 21.5. The van der Waals surface area contributed by atoms with Crippen LogP contribution in [0, 0.1) is 5.92 Å². The molecule has 1 aromatic carbocycles. The molecule has 8 nitrogen and oxygen atoms in total. The van der Waals surface area contributed by atoms with Crippen molar-refractivity contribution in [3.05, 3.63) is 41.7 Å². The smallest absolute Gasteiger partial charge is 0.160 e. The highest BCUT2D eigenvalue weighted by Crippen LogP contribution is 2.33. The lowest BCUT2D eigenvalue weighted by atomic mass is 10.1. The van der Waals surface area contributed by atoms with E-state index in [9.17, 15) is 0 Å². The lowest BCUT2D eigenvalue weighted by Gasteiger charge is -2.28. The summed E-state index contributed by atoms with van der Waals surface area (Å²) < 4.78 is 11.3. The Kier molecular flexibility index (Phi) is 5.21. The van der Waals surface area contributed by atoms with Crippen LogP contribution in [0.15, 0.2) is 36.7 Å². The zero-order valence-electron chi connectivity index (χ0n) is 17.6. The second-order valence-electron chi connectivity index (χ2n) is 8.72. The Morgan fingerprint density at radius 3 is 3.00 bits per heavy atom. The molecular formula is C23H25ClN6O2. The standard InChI is InChI=1S/C23H25ClN6O2/c24-18-8-15(1-3-20(18)32-12-14-5-6-31-11-14)28-23-22-19(26-13-27-23)2-4-21(29-22)30-10-16-7-17(30)9-25-16/h1-4,8,13-14,16-17,25H,5-7,9-12H2,(H,26,27,28)/t14-,16-,17-/m0/s1. The van der Waals surface area contributed by atoms with E-state index in [1.54, 1.807) is 6.33 Å². The summed E-state index contributed by atoms with van der Waals surface area (Å²) in [6, 6.07) is 10.8. The lowest BCUT2D eigenvalue weighted by Crippen LogP contribution is -2.44. The van der Waals surface area contributed by atoms with Crippen LogP contribution in [0.5, 0.6) is 5.75 Å². The van der Waals surface area contributed by atoms with Gasteiger partial charge in [-0.1, -0.05) is 11.6 Å². The van der Waals surface area contributed by atoms with Crippen LogP contribution in [0.1, 0.15) is 12.8 Å². The van der Waals surface area contributed by atoms with Crippen molar-refractivity contribution in [2.45, 2.75) is 24.9 Å². The number of fused-ring (bicyclic) bond motifs is 3. The van der Waals surface area contributed by atoms with Gasteiger partial charge in [-0.25, -0.2) is 15.0 Å². The van der Waals surface area contributed by atoms with Crippen molar-refractivity contribution in [1.29, 1.82) is 0 Å². The Balaban J connectivity index is 1.22. The summed E-state index contributed by atoms with van der Waals surface area (Å²) in [4.78, 5) is 16.2. The molecular weight excluding hydrogens is 428 g/mol. The van der Waals surface area contributed by atoms with E-state index < -0.39 is 0 Å². The number of pyridine rings is 1. The molecule has 3 fully saturated rings. The molecule has 3 aromatic rings. The fourth-order valence-electron chi connectivity index (χ4n) is 4.78. The monoisotopic (exact) mass is 452 g/mol. The lowest BCUT2D eigenvalue weighted by molar-refractivity contribution is 0.167. The number of aromatic nitrogens is 3. The highest BCUT2D eigenvalue weighted by molar-refractivity contribution is 6.32. The topological polar surface area (TPSA) is 84.4 Å². The van der Waals surface area contributed by atoms with Gasteiger partial charge in [-0.3, -0.25) is 0 Å². The van der Waals surface area contributed by atoms with Gasteiger partial charge in [0, 0.05) is 43.4 Å². The number of piperazine rings is 1. The average molecular weight is 453 g/mol. The number of nitrogens with zero attached hydrogens (tertiary/aromatic N) is 4. The molecule has 0 saturated carbocycles. The first-order chi connectivity index (χ1) is 15.7. The number of nitrogens with one attached hydrogen (secondary N) is 2. The largest absolute Gasteiger partial charge is 0.492 e. The minimum atomic E-state index is 0.429. The average Bonchev–Trinajstić information content (AvgIpc) is 3.57. The fraction of sp³-hybridized carbons (Fsp3) is 0.435. The number of hydrogen-bond acceptors (Lipinski definition) is 8. The van der Waals surface area contributed by atoms with Gasteiger partial charge < -0.3 is 25.0 Å². The van der Waals surface area contributed by atoms with Crippen molar-refractivity contribution < 1.29 is 9.47 Å². The van der Waals surface area contributed by atoms with Gasteiger partial charge in [0.15, 0.2) is 5.82 Å². The summed E-state index contributed by atoms with van der Waals surface area (Å²) in [7, 11) is 0. The van der Waals surface area contributed by atoms with Gasteiger partial charge in [-0.05, 0) is 43.2 Å². The first-order valence-corrected chi connectivity index (χ1v) is 11.5. The number of rotatable bonds is 6. The SMILES string of the molecule is Clc1cc(Nc2ncnc3ccc(N4C[C@@H]5C[C@H]4CN5)nc23)ccc1OC[C@H]1CCOC1. The maximum Gasteiger partial charge on any atom is 0.160 e. The van der Waals surface area contributed by atoms with Crippen molar-refractivity contribution in [1.82, 2.24) is 20.3 Å². The van der Waals surface area contributed by atoms with Crippen LogP contribution in [-0.2, 0) is 4.74 Å². The summed E-state index contributed by atoms with van der Waals surface area (Å²) in [5.74, 6) is 2.74. The van der Waals surface area contributed by atoms with Crippen molar-refractivity contribution in [2.24, 2.45) is 5.92 Å². The molecule has 32 heavy (non-hydrogen) atoms. The molecule has 166 valence electrons. The number of benzene rings is 1. The third-order valence-corrected chi connectivity index (χ3v) is 6.81. The minimum Gasteiger partial charge on any atom is -0.492 e. The van der Waals surface area contributed by atoms with Gasteiger partial charge in [0.05, 0.1) is 23.8 Å². The molecule has 2 N–H and O–H groups in total. The molecule has 3 saturated heterocycles. The Labute approximate surface area is 191 Å². The van der Waals surface area contributed by atoms with E-state index >= 15 is 0 Å². The predicted molar refractivity (Wildman–Crippen MR) is 124 cm³/mol. The van der Waals surface area contributed by atoms with Crippen molar-refractivity contribution in [3.63, 3.8) is 0 Å². The molecule has 0 unspecified atom stereocenters. The van der Waals surface area contributed by atoms with Gasteiger partial charge in [0.2, 0.25) is 0 Å². The molecule has 3 aliphatic heterocycles. The summed E-state index contributed by atoms with van der Waals surface area (Å²) in [6.07, 6.45) is 3.76. The van der Waals surface area contributed by atoms with Crippen LogP contribution in [0.25, 0.3) is 11.0 Å². The van der Waals surface area contributed by atoms with Crippen LogP contribution in [-0.4, -0.2) is 59.9 Å². The summed E-state index contributed by atoms with van der Waals surface area (Å²) >= 11 is 6.49. The Hall–Kier alpha value is -2.68. The maximum atomic E-state index is 6.49. The van der Waals surface area contributed by atoms with E-state index in [1.165, 1.54) is 6.42 Å². The van der Waals surface area contributed by atoms with Crippen LogP contribution >= 0.6 is 11.6 Å². The highest BCUT2D eigenvalue weighted by Gasteiger charge is 2.38. The van der Waals surface area contributed by atoms with Crippen molar-refractivity contribution in [3.8, 4) is 5.75 Å². The molecule has 0 aliphatic carbocycles. The Morgan fingerprint density at radius 1 is 1.25 bits per heavy atom. The minimum absolute atomic E-state index is 0.429. The first kappa shape index (κ1) is 20.0. The van der Waals surface area contributed by atoms with Crippen LogP contribution in [0.4, 0.5) is 17.3 Å². The summed E-state index contributed by atoms with van der Waals surface area (Å²) in [5, 5.41) is 7.45.